The number of carbonyl (C=O) groups excluding carboxylic acids is 4. The minimum atomic E-state index is -1.11. The summed E-state index contributed by atoms with van der Waals surface area (Å²) in [4.78, 5) is 74.2. The Hall–Kier alpha value is -0.360. The Bertz CT molecular complexity index is 1550. The summed E-state index contributed by atoms with van der Waals surface area (Å²) in [5.74, 6) is -2.97. The Kier molecular flexibility index (Phi) is 21.6. The van der Waals surface area contributed by atoms with Gasteiger partial charge in [-0.15, -0.1) is 0 Å². The third kappa shape index (κ3) is 14.0. The summed E-state index contributed by atoms with van der Waals surface area (Å²) in [6, 6.07) is 0. The fraction of sp³-hybridized carbons (Fsp3) is 0.455. The molecule has 18 heteroatoms. The van der Waals surface area contributed by atoms with E-state index in [0.29, 0.717) is 82.4 Å². The summed E-state index contributed by atoms with van der Waals surface area (Å²) < 4.78 is 3.24. The van der Waals surface area contributed by atoms with E-state index in [9.17, 15) is 39.0 Å². The Morgan fingerprint density at radius 3 is 1.12 bits per heavy atom. The molecule has 0 aliphatic heterocycles. The molecule has 0 unspecified atom stereocenters. The number of carboxylic acids is 2. The van der Waals surface area contributed by atoms with Crippen LogP contribution < -0.4 is 21.3 Å². The van der Waals surface area contributed by atoms with Crippen LogP contribution in [0.2, 0.25) is 0 Å². The summed E-state index contributed by atoms with van der Waals surface area (Å²) in [6.45, 7) is 4.11. The monoisotopic (exact) mass is 1380 g/mol. The summed E-state index contributed by atoms with van der Waals surface area (Å²) in [5, 5.41) is 31.2. The minimum absolute atomic E-state index is 0.0841. The summed E-state index contributed by atoms with van der Waals surface area (Å²) in [7, 11) is 0. The molecule has 0 bridgehead atoms. The summed E-state index contributed by atoms with van der Waals surface area (Å²) in [6.07, 6.45) is 6.11. The number of carbonyl (C=O) groups is 6. The average molecular weight is 1380 g/mol. The van der Waals surface area contributed by atoms with Crippen LogP contribution in [-0.2, 0) is 32.3 Å². The van der Waals surface area contributed by atoms with Crippen molar-refractivity contribution in [3.63, 3.8) is 0 Å². The van der Waals surface area contributed by atoms with E-state index >= 15 is 0 Å². The number of hydrogen-bond donors (Lipinski definition) is 6. The standard InChI is InChI=1S/C33H38I6N4O8/c1-3-10-18(44)40-14-16-24(34)22(32(48)49)28(38)30(26(16)36)42-20(46)12-8-6-5-7-9-13-21(47)43-31-27(37)17(15-41-19(45)11-4-2)25(35)23(29(31)39)33(50)51/h3-15H2,1-2H3,(H,40,44)(H,41,45)(H,42,46)(H,43,47)(H,48,49)(H,50,51). The molecule has 0 saturated carbocycles. The van der Waals surface area contributed by atoms with Gasteiger partial charge in [0.15, 0.2) is 0 Å². The molecule has 280 valence electrons. The fourth-order valence-corrected chi connectivity index (χ4v) is 13.4. The molecule has 4 amide bonds. The van der Waals surface area contributed by atoms with E-state index in [1.807, 2.05) is 104 Å². The maximum atomic E-state index is 12.9. The molecule has 2 rings (SSSR count). The van der Waals surface area contributed by atoms with Gasteiger partial charge in [-0.05, 0) is 161 Å². The number of anilines is 2. The van der Waals surface area contributed by atoms with Gasteiger partial charge in [0.2, 0.25) is 23.6 Å². The molecular formula is C33H38I6N4O8. The van der Waals surface area contributed by atoms with Gasteiger partial charge >= 0.3 is 11.9 Å². The van der Waals surface area contributed by atoms with E-state index in [0.717, 1.165) is 19.3 Å². The van der Waals surface area contributed by atoms with E-state index in [4.69, 9.17) is 0 Å². The summed E-state index contributed by atoms with van der Waals surface area (Å²) >= 11 is 12.0. The highest BCUT2D eigenvalue weighted by Gasteiger charge is 2.27. The lowest BCUT2D eigenvalue weighted by atomic mass is 10.1. The normalized spacial score (nSPS) is 10.8. The lowest BCUT2D eigenvalue weighted by Crippen LogP contribution is -2.25. The number of unbranched alkanes of at least 4 members (excludes halogenated alkanes) is 4. The quantitative estimate of drug-likeness (QED) is 0.0560. The first-order chi connectivity index (χ1) is 24.1. The third-order valence-corrected chi connectivity index (χ3v) is 14.4. The minimum Gasteiger partial charge on any atom is -0.478 e. The van der Waals surface area contributed by atoms with Crippen LogP contribution in [0.15, 0.2) is 0 Å². The van der Waals surface area contributed by atoms with Crippen molar-refractivity contribution in [2.75, 3.05) is 10.6 Å². The van der Waals surface area contributed by atoms with E-state index in [1.165, 1.54) is 0 Å². The number of rotatable bonds is 20. The zero-order valence-corrected chi connectivity index (χ0v) is 40.7. The number of carboxylic acid groups (broad SMARTS) is 2. The van der Waals surface area contributed by atoms with Crippen molar-refractivity contribution in [3.05, 3.63) is 43.7 Å². The molecule has 6 N–H and O–H groups in total. The van der Waals surface area contributed by atoms with E-state index in [1.54, 1.807) is 0 Å². The van der Waals surface area contributed by atoms with Gasteiger partial charge < -0.3 is 31.5 Å². The van der Waals surface area contributed by atoms with Crippen molar-refractivity contribution in [2.24, 2.45) is 0 Å². The van der Waals surface area contributed by atoms with Crippen LogP contribution in [0.5, 0.6) is 0 Å². The molecule has 0 aliphatic carbocycles. The van der Waals surface area contributed by atoms with Crippen LogP contribution >= 0.6 is 136 Å². The van der Waals surface area contributed by atoms with Crippen LogP contribution in [0.4, 0.5) is 11.4 Å². The molecule has 0 radical (unpaired) electrons. The van der Waals surface area contributed by atoms with Crippen molar-refractivity contribution in [1.82, 2.24) is 10.6 Å². The van der Waals surface area contributed by atoms with Crippen molar-refractivity contribution in [3.8, 4) is 0 Å². The molecule has 0 aromatic heterocycles. The molecule has 51 heavy (non-hydrogen) atoms. The number of halogens is 6. The molecule has 0 atom stereocenters. The lowest BCUT2D eigenvalue weighted by Gasteiger charge is -2.19. The predicted octanol–water partition coefficient (Wildman–Crippen LogP) is 8.85. The Morgan fingerprint density at radius 1 is 0.471 bits per heavy atom. The van der Waals surface area contributed by atoms with Crippen molar-refractivity contribution in [2.45, 2.75) is 97.6 Å². The Morgan fingerprint density at radius 2 is 0.804 bits per heavy atom. The SMILES string of the molecule is CCCC(=O)NCc1c(I)c(NC(=O)CCCCCCCC(=O)Nc2c(I)c(CNC(=O)CCC)c(I)c(C(=O)O)c2I)c(I)c(C(=O)O)c1I. The van der Waals surface area contributed by atoms with Crippen LogP contribution in [0.1, 0.15) is 116 Å². The third-order valence-electron chi connectivity index (χ3n) is 7.46. The van der Waals surface area contributed by atoms with E-state index in [2.05, 4.69) is 66.4 Å². The Balaban J connectivity index is 1.95. The van der Waals surface area contributed by atoms with Crippen LogP contribution in [0.25, 0.3) is 0 Å². The van der Waals surface area contributed by atoms with Crippen molar-refractivity contribution in [1.29, 1.82) is 0 Å². The smallest absolute Gasteiger partial charge is 0.337 e. The van der Waals surface area contributed by atoms with Crippen molar-refractivity contribution >= 4 is 182 Å². The van der Waals surface area contributed by atoms with Gasteiger partial charge in [-0.1, -0.05) is 33.1 Å². The maximum absolute atomic E-state index is 12.9. The maximum Gasteiger partial charge on any atom is 0.337 e. The predicted molar refractivity (Wildman–Crippen MR) is 246 cm³/mol. The molecule has 0 saturated heterocycles. The van der Waals surface area contributed by atoms with Crippen LogP contribution in [0.3, 0.4) is 0 Å². The number of hydrogen-bond acceptors (Lipinski definition) is 6. The fourth-order valence-electron chi connectivity index (χ4n) is 4.85. The molecule has 0 spiro atoms. The lowest BCUT2D eigenvalue weighted by molar-refractivity contribution is -0.122. The van der Waals surface area contributed by atoms with E-state index in [-0.39, 0.29) is 60.7 Å². The van der Waals surface area contributed by atoms with Gasteiger partial charge in [0.1, 0.15) is 0 Å². The highest BCUT2D eigenvalue weighted by molar-refractivity contribution is 14.1. The van der Waals surface area contributed by atoms with E-state index < -0.39 is 11.9 Å². The van der Waals surface area contributed by atoms with Gasteiger partial charge in [0.25, 0.3) is 0 Å². The molecule has 0 fully saturated rings. The van der Waals surface area contributed by atoms with Gasteiger partial charge in [-0.25, -0.2) is 9.59 Å². The van der Waals surface area contributed by atoms with Gasteiger partial charge in [0, 0.05) is 64.2 Å². The second kappa shape index (κ2) is 23.5. The Labute approximate surface area is 378 Å². The second-order valence-electron chi connectivity index (χ2n) is 11.4. The number of benzene rings is 2. The molecular weight excluding hydrogens is 1340 g/mol. The van der Waals surface area contributed by atoms with Crippen LogP contribution in [-0.4, -0.2) is 45.8 Å². The molecule has 2 aromatic rings. The largest absolute Gasteiger partial charge is 0.478 e. The highest BCUT2D eigenvalue weighted by Crippen LogP contribution is 2.37. The summed E-state index contributed by atoms with van der Waals surface area (Å²) in [5.41, 5.74) is 2.30. The molecule has 0 aliphatic rings. The van der Waals surface area contributed by atoms with Crippen molar-refractivity contribution < 1.29 is 39.0 Å². The molecule has 12 nitrogen and oxygen atoms in total. The topological polar surface area (TPSA) is 191 Å². The zero-order chi connectivity index (χ0) is 38.4. The van der Waals surface area contributed by atoms with Gasteiger partial charge in [-0.3, -0.25) is 19.2 Å². The average Bonchev–Trinajstić information content (AvgIpc) is 3.04. The molecule has 2 aromatic carbocycles. The van der Waals surface area contributed by atoms with Gasteiger partial charge in [0.05, 0.1) is 29.6 Å². The van der Waals surface area contributed by atoms with Gasteiger partial charge in [-0.2, -0.15) is 0 Å². The first-order valence-electron chi connectivity index (χ1n) is 16.0. The molecule has 0 heterocycles. The number of nitrogens with one attached hydrogen (secondary N) is 4. The van der Waals surface area contributed by atoms with Crippen LogP contribution in [0, 0.1) is 21.4 Å². The highest BCUT2D eigenvalue weighted by atomic mass is 127. The zero-order valence-electron chi connectivity index (χ0n) is 27.8. The second-order valence-corrected chi connectivity index (χ2v) is 17.8. The first kappa shape index (κ1) is 46.8. The number of aromatic carboxylic acids is 2. The number of amides is 4. The first-order valence-corrected chi connectivity index (χ1v) is 22.5.